The molecule has 2 rings (SSSR count). The maximum absolute atomic E-state index is 12.3. The van der Waals surface area contributed by atoms with Gasteiger partial charge in [-0.1, -0.05) is 29.8 Å². The molecule has 0 atom stereocenters. The Balaban J connectivity index is 1.97. The highest BCUT2D eigenvalue weighted by Gasteiger charge is 2.17. The fourth-order valence-electron chi connectivity index (χ4n) is 2.18. The van der Waals surface area contributed by atoms with Gasteiger partial charge in [0.05, 0.1) is 0 Å². The molecule has 0 radical (unpaired) electrons. The third kappa shape index (κ3) is 5.27. The zero-order chi connectivity index (χ0) is 18.4. The Labute approximate surface area is 143 Å². The number of halogens is 2. The van der Waals surface area contributed by atoms with Crippen molar-refractivity contribution in [3.63, 3.8) is 0 Å². The number of ether oxygens (including phenoxy) is 2. The van der Waals surface area contributed by atoms with Crippen LogP contribution >= 0.6 is 0 Å². The van der Waals surface area contributed by atoms with Crippen molar-refractivity contribution >= 4 is 17.6 Å². The van der Waals surface area contributed by atoms with E-state index in [1.165, 1.54) is 24.3 Å². The first-order chi connectivity index (χ1) is 11.9. The van der Waals surface area contributed by atoms with Gasteiger partial charge in [-0.05, 0) is 37.6 Å². The van der Waals surface area contributed by atoms with Gasteiger partial charge >= 0.3 is 12.6 Å². The predicted molar refractivity (Wildman–Crippen MR) is 87.9 cm³/mol. The van der Waals surface area contributed by atoms with Crippen LogP contribution in [0.2, 0.25) is 0 Å². The summed E-state index contributed by atoms with van der Waals surface area (Å²) in [5.41, 5.74) is 2.35. The van der Waals surface area contributed by atoms with E-state index < -0.39 is 25.1 Å². The number of hydrogen-bond donors (Lipinski definition) is 1. The van der Waals surface area contributed by atoms with Gasteiger partial charge in [0.2, 0.25) is 0 Å². The van der Waals surface area contributed by atoms with Gasteiger partial charge in [0.1, 0.15) is 11.3 Å². The van der Waals surface area contributed by atoms with Crippen molar-refractivity contribution in [2.75, 3.05) is 11.9 Å². The lowest BCUT2D eigenvalue weighted by Crippen LogP contribution is -2.21. The van der Waals surface area contributed by atoms with Crippen LogP contribution in [-0.4, -0.2) is 25.1 Å². The van der Waals surface area contributed by atoms with Crippen LogP contribution in [0.5, 0.6) is 5.75 Å². The first-order valence-electron chi connectivity index (χ1n) is 7.45. The number of carbonyl (C=O) groups is 2. The lowest BCUT2D eigenvalue weighted by molar-refractivity contribution is -0.119. The van der Waals surface area contributed by atoms with Crippen molar-refractivity contribution in [3.05, 3.63) is 59.2 Å². The molecule has 0 bridgehead atoms. The van der Waals surface area contributed by atoms with Crippen LogP contribution in [0, 0.1) is 13.8 Å². The Kier molecular flexibility index (Phi) is 6.05. The normalized spacial score (nSPS) is 10.4. The smallest absolute Gasteiger partial charge is 0.387 e. The number of nitrogens with one attached hydrogen (secondary N) is 1. The molecule has 2 aromatic carbocycles. The SMILES string of the molecule is Cc1ccc(NC(=O)COC(=O)c2ccccc2OC(F)F)c(C)c1. The number of hydrogen-bond acceptors (Lipinski definition) is 4. The van der Waals surface area contributed by atoms with Crippen molar-refractivity contribution in [2.45, 2.75) is 20.5 Å². The molecular formula is C18H17F2NO4. The molecule has 25 heavy (non-hydrogen) atoms. The molecule has 1 N–H and O–H groups in total. The first-order valence-corrected chi connectivity index (χ1v) is 7.45. The van der Waals surface area contributed by atoms with E-state index in [0.717, 1.165) is 11.1 Å². The highest BCUT2D eigenvalue weighted by molar-refractivity contribution is 5.97. The summed E-state index contributed by atoms with van der Waals surface area (Å²) in [5, 5.41) is 2.62. The molecule has 0 aliphatic heterocycles. The molecule has 5 nitrogen and oxygen atoms in total. The Bertz CT molecular complexity index is 777. The van der Waals surface area contributed by atoms with Crippen molar-refractivity contribution in [2.24, 2.45) is 0 Å². The average Bonchev–Trinajstić information content (AvgIpc) is 2.55. The lowest BCUT2D eigenvalue weighted by atomic mass is 10.1. The average molecular weight is 349 g/mol. The largest absolute Gasteiger partial charge is 0.452 e. The Morgan fingerprint density at radius 1 is 1.12 bits per heavy atom. The molecule has 0 heterocycles. The van der Waals surface area contributed by atoms with E-state index in [-0.39, 0.29) is 11.3 Å². The third-order valence-corrected chi connectivity index (χ3v) is 3.31. The second kappa shape index (κ2) is 8.23. The molecule has 0 aliphatic carbocycles. The molecule has 132 valence electrons. The molecular weight excluding hydrogens is 332 g/mol. The van der Waals surface area contributed by atoms with Crippen molar-refractivity contribution in [1.29, 1.82) is 0 Å². The molecule has 0 saturated carbocycles. The summed E-state index contributed by atoms with van der Waals surface area (Å²) in [6.07, 6.45) is 0. The lowest BCUT2D eigenvalue weighted by Gasteiger charge is -2.11. The molecule has 0 aromatic heterocycles. The van der Waals surface area contributed by atoms with Crippen molar-refractivity contribution in [3.8, 4) is 5.75 Å². The summed E-state index contributed by atoms with van der Waals surface area (Å²) < 4.78 is 33.8. The van der Waals surface area contributed by atoms with Crippen molar-refractivity contribution < 1.29 is 27.8 Å². The summed E-state index contributed by atoms with van der Waals surface area (Å²) in [4.78, 5) is 23.9. The molecule has 0 spiro atoms. The van der Waals surface area contributed by atoms with Crippen LogP contribution in [0.15, 0.2) is 42.5 Å². The number of aryl methyl sites for hydroxylation is 2. The van der Waals surface area contributed by atoms with Gasteiger partial charge in [0.25, 0.3) is 5.91 Å². The van der Waals surface area contributed by atoms with E-state index in [0.29, 0.717) is 5.69 Å². The minimum atomic E-state index is -3.07. The van der Waals surface area contributed by atoms with E-state index >= 15 is 0 Å². The van der Waals surface area contributed by atoms with Crippen LogP contribution in [0.3, 0.4) is 0 Å². The van der Waals surface area contributed by atoms with Crippen LogP contribution in [0.4, 0.5) is 14.5 Å². The zero-order valence-electron chi connectivity index (χ0n) is 13.7. The van der Waals surface area contributed by atoms with Gasteiger partial charge in [-0.25, -0.2) is 4.79 Å². The molecule has 0 unspecified atom stereocenters. The maximum Gasteiger partial charge on any atom is 0.387 e. The number of para-hydroxylation sites is 1. The van der Waals surface area contributed by atoms with Crippen LogP contribution < -0.4 is 10.1 Å². The molecule has 7 heteroatoms. The maximum atomic E-state index is 12.3. The fraction of sp³-hybridized carbons (Fsp3) is 0.222. The summed E-state index contributed by atoms with van der Waals surface area (Å²) >= 11 is 0. The molecule has 0 fully saturated rings. The number of rotatable bonds is 6. The van der Waals surface area contributed by atoms with Gasteiger partial charge in [-0.2, -0.15) is 8.78 Å². The van der Waals surface area contributed by atoms with E-state index in [4.69, 9.17) is 4.74 Å². The van der Waals surface area contributed by atoms with E-state index in [1.54, 1.807) is 6.07 Å². The quantitative estimate of drug-likeness (QED) is 0.808. The van der Waals surface area contributed by atoms with Crippen LogP contribution in [0.1, 0.15) is 21.5 Å². The standard InChI is InChI=1S/C18H17F2NO4/c1-11-7-8-14(12(2)9-11)21-16(22)10-24-17(23)13-5-3-4-6-15(13)25-18(19)20/h3-9,18H,10H2,1-2H3,(H,21,22). The van der Waals surface area contributed by atoms with Crippen LogP contribution in [-0.2, 0) is 9.53 Å². The fourth-order valence-corrected chi connectivity index (χ4v) is 2.18. The second-order valence-corrected chi connectivity index (χ2v) is 5.32. The summed E-state index contributed by atoms with van der Waals surface area (Å²) in [5.74, 6) is -1.77. The van der Waals surface area contributed by atoms with Gasteiger partial charge in [0, 0.05) is 5.69 Å². The van der Waals surface area contributed by atoms with Gasteiger partial charge < -0.3 is 14.8 Å². The number of benzene rings is 2. The van der Waals surface area contributed by atoms with Gasteiger partial charge in [-0.3, -0.25) is 4.79 Å². The van der Waals surface area contributed by atoms with E-state index in [1.807, 2.05) is 26.0 Å². The van der Waals surface area contributed by atoms with Crippen LogP contribution in [0.25, 0.3) is 0 Å². The monoisotopic (exact) mass is 349 g/mol. The zero-order valence-corrected chi connectivity index (χ0v) is 13.7. The first kappa shape index (κ1) is 18.4. The Morgan fingerprint density at radius 2 is 1.84 bits per heavy atom. The second-order valence-electron chi connectivity index (χ2n) is 5.32. The minimum Gasteiger partial charge on any atom is -0.452 e. The summed E-state index contributed by atoms with van der Waals surface area (Å²) in [6, 6.07) is 10.9. The number of anilines is 1. The van der Waals surface area contributed by atoms with Crippen molar-refractivity contribution in [1.82, 2.24) is 0 Å². The molecule has 1 amide bonds. The number of carbonyl (C=O) groups excluding carboxylic acids is 2. The Morgan fingerprint density at radius 3 is 2.52 bits per heavy atom. The predicted octanol–water partition coefficient (Wildman–Crippen LogP) is 3.70. The minimum absolute atomic E-state index is 0.179. The molecule has 0 aliphatic rings. The molecule has 0 saturated heterocycles. The highest BCUT2D eigenvalue weighted by Crippen LogP contribution is 2.21. The summed E-state index contributed by atoms with van der Waals surface area (Å²) in [7, 11) is 0. The third-order valence-electron chi connectivity index (χ3n) is 3.31. The number of esters is 1. The Hall–Kier alpha value is -2.96. The summed E-state index contributed by atoms with van der Waals surface area (Å²) in [6.45, 7) is 0.155. The van der Waals surface area contributed by atoms with Gasteiger partial charge in [-0.15, -0.1) is 0 Å². The number of amides is 1. The highest BCUT2D eigenvalue weighted by atomic mass is 19.3. The number of alkyl halides is 2. The van der Waals surface area contributed by atoms with Gasteiger partial charge in [0.15, 0.2) is 6.61 Å². The topological polar surface area (TPSA) is 64.6 Å². The molecule has 2 aromatic rings. The van der Waals surface area contributed by atoms with E-state index in [2.05, 4.69) is 10.1 Å². The van der Waals surface area contributed by atoms with E-state index in [9.17, 15) is 18.4 Å².